The maximum Gasteiger partial charge on any atom is 0.232 e. The van der Waals surface area contributed by atoms with Gasteiger partial charge in [0.05, 0.1) is 11.2 Å². The Labute approximate surface area is 149 Å². The Morgan fingerprint density at radius 3 is 2.92 bits per heavy atom. The fourth-order valence-electron chi connectivity index (χ4n) is 3.99. The van der Waals surface area contributed by atoms with Crippen LogP contribution < -0.4 is 10.6 Å². The van der Waals surface area contributed by atoms with Crippen molar-refractivity contribution in [2.75, 3.05) is 24.7 Å². The highest BCUT2D eigenvalue weighted by Gasteiger charge is 2.49. The second-order valence-corrected chi connectivity index (χ2v) is 9.09. The van der Waals surface area contributed by atoms with Crippen LogP contribution in [0.5, 0.6) is 0 Å². The van der Waals surface area contributed by atoms with Gasteiger partial charge in [-0.3, -0.25) is 4.79 Å². The van der Waals surface area contributed by atoms with E-state index in [0.29, 0.717) is 17.2 Å². The summed E-state index contributed by atoms with van der Waals surface area (Å²) in [4.78, 5) is 12.9. The van der Waals surface area contributed by atoms with Gasteiger partial charge in [0, 0.05) is 18.5 Å². The van der Waals surface area contributed by atoms with E-state index in [1.807, 2.05) is 6.07 Å². The zero-order valence-corrected chi connectivity index (χ0v) is 15.5. The Balaban J connectivity index is 0.00000208. The summed E-state index contributed by atoms with van der Waals surface area (Å²) in [5.74, 6) is 0.477. The summed E-state index contributed by atoms with van der Waals surface area (Å²) in [6.45, 7) is 1.66. The third-order valence-corrected chi connectivity index (χ3v) is 5.96. The highest BCUT2D eigenvalue weighted by atomic mass is 35.5. The number of sulfone groups is 1. The molecule has 2 atom stereocenters. The topological polar surface area (TPSA) is 75.3 Å². The second kappa shape index (κ2) is 7.42. The molecule has 1 aromatic rings. The molecule has 1 amide bonds. The number of anilines is 1. The monoisotopic (exact) mass is 372 g/mol. The molecule has 1 saturated carbocycles. The van der Waals surface area contributed by atoms with Gasteiger partial charge in [0.2, 0.25) is 5.91 Å². The van der Waals surface area contributed by atoms with Gasteiger partial charge in [-0.2, -0.15) is 0 Å². The number of carbonyl (C=O) groups is 1. The maximum atomic E-state index is 12.9. The summed E-state index contributed by atoms with van der Waals surface area (Å²) < 4.78 is 22.9. The molecule has 1 aliphatic carbocycles. The number of benzene rings is 1. The van der Waals surface area contributed by atoms with Crippen molar-refractivity contribution in [1.29, 1.82) is 0 Å². The van der Waals surface area contributed by atoms with Crippen LogP contribution in [0.1, 0.15) is 31.2 Å². The van der Waals surface area contributed by atoms with Gasteiger partial charge < -0.3 is 10.6 Å². The minimum Gasteiger partial charge on any atom is -0.326 e. The lowest BCUT2D eigenvalue weighted by atomic mass is 9.67. The molecule has 1 heterocycles. The van der Waals surface area contributed by atoms with Gasteiger partial charge in [-0.25, -0.2) is 8.42 Å². The minimum atomic E-state index is -3.08. The number of carbonyl (C=O) groups excluding carboxylic acids is 1. The van der Waals surface area contributed by atoms with Crippen molar-refractivity contribution in [2.24, 2.45) is 11.3 Å². The van der Waals surface area contributed by atoms with Gasteiger partial charge in [0.1, 0.15) is 0 Å². The molecular formula is C17H25ClN2O3S. The molecule has 134 valence electrons. The Kier molecular flexibility index (Phi) is 5.94. The Morgan fingerprint density at radius 2 is 2.17 bits per heavy atom. The van der Waals surface area contributed by atoms with Crippen LogP contribution in [0, 0.1) is 11.3 Å². The van der Waals surface area contributed by atoms with Crippen LogP contribution in [-0.4, -0.2) is 33.7 Å². The number of amides is 1. The van der Waals surface area contributed by atoms with Crippen molar-refractivity contribution in [3.8, 4) is 0 Å². The first-order chi connectivity index (χ1) is 10.9. The highest BCUT2D eigenvalue weighted by molar-refractivity contribution is 7.89. The molecule has 2 fully saturated rings. The zero-order chi connectivity index (χ0) is 16.5. The zero-order valence-electron chi connectivity index (χ0n) is 13.9. The minimum absolute atomic E-state index is 0. The van der Waals surface area contributed by atoms with E-state index in [1.54, 1.807) is 18.2 Å². The Hall–Kier alpha value is -1.11. The molecule has 3 rings (SSSR count). The smallest absolute Gasteiger partial charge is 0.232 e. The molecular weight excluding hydrogens is 348 g/mol. The first-order valence-corrected chi connectivity index (χ1v) is 10.2. The molecule has 1 aliphatic heterocycles. The fraction of sp³-hybridized carbons (Fsp3) is 0.588. The van der Waals surface area contributed by atoms with Gasteiger partial charge in [-0.05, 0) is 43.0 Å². The Bertz CT molecular complexity index is 708. The van der Waals surface area contributed by atoms with Crippen LogP contribution in [0.25, 0.3) is 0 Å². The van der Waals surface area contributed by atoms with E-state index in [2.05, 4.69) is 10.6 Å². The van der Waals surface area contributed by atoms with Crippen molar-refractivity contribution >= 4 is 33.8 Å². The number of fused-ring (bicyclic) bond motifs is 1. The van der Waals surface area contributed by atoms with Gasteiger partial charge >= 0.3 is 0 Å². The van der Waals surface area contributed by atoms with E-state index in [-0.39, 0.29) is 29.5 Å². The summed E-state index contributed by atoms with van der Waals surface area (Å²) in [6.07, 6.45) is 5.55. The molecule has 0 bridgehead atoms. The molecule has 1 saturated heterocycles. The van der Waals surface area contributed by atoms with E-state index in [9.17, 15) is 13.2 Å². The molecule has 0 radical (unpaired) electrons. The van der Waals surface area contributed by atoms with Crippen molar-refractivity contribution in [1.82, 2.24) is 5.32 Å². The lowest BCUT2D eigenvalue weighted by Crippen LogP contribution is -2.44. The summed E-state index contributed by atoms with van der Waals surface area (Å²) in [5.41, 5.74) is 1.08. The van der Waals surface area contributed by atoms with Gasteiger partial charge in [-0.15, -0.1) is 12.4 Å². The van der Waals surface area contributed by atoms with Gasteiger partial charge in [0.25, 0.3) is 0 Å². The van der Waals surface area contributed by atoms with E-state index in [1.165, 1.54) is 12.7 Å². The number of hydrogen-bond acceptors (Lipinski definition) is 4. The van der Waals surface area contributed by atoms with E-state index in [4.69, 9.17) is 0 Å². The first-order valence-electron chi connectivity index (χ1n) is 8.18. The summed E-state index contributed by atoms with van der Waals surface area (Å²) in [6, 6.07) is 7.14. The lowest BCUT2D eigenvalue weighted by molar-refractivity contribution is -0.128. The van der Waals surface area contributed by atoms with Crippen molar-refractivity contribution in [3.63, 3.8) is 0 Å². The molecule has 2 aliphatic rings. The predicted molar refractivity (Wildman–Crippen MR) is 98.1 cm³/mol. The van der Waals surface area contributed by atoms with E-state index < -0.39 is 9.84 Å². The van der Waals surface area contributed by atoms with Crippen LogP contribution in [-0.2, 0) is 20.4 Å². The number of rotatable bonds is 4. The standard InChI is InChI=1S/C17H24N2O3S.ClH/c1-23(21,22)11-13-5-4-7-15(9-13)19-16(20)17-8-3-2-6-14(17)10-18-12-17;/h4-5,7,9,14,18H,2-3,6,8,10-12H2,1H3,(H,19,20);1H/t14-,17+;/m0./s1. The first kappa shape index (κ1) is 19.2. The van der Waals surface area contributed by atoms with E-state index in [0.717, 1.165) is 32.4 Å². The molecule has 0 spiro atoms. The van der Waals surface area contributed by atoms with E-state index >= 15 is 0 Å². The fourth-order valence-corrected chi connectivity index (χ4v) is 4.77. The number of nitrogens with one attached hydrogen (secondary N) is 2. The predicted octanol–water partition coefficient (Wildman–Crippen LogP) is 2.37. The number of halogens is 1. The van der Waals surface area contributed by atoms with Gasteiger partial charge in [-0.1, -0.05) is 25.0 Å². The van der Waals surface area contributed by atoms with Crippen LogP contribution in [0.3, 0.4) is 0 Å². The summed E-state index contributed by atoms with van der Waals surface area (Å²) >= 11 is 0. The van der Waals surface area contributed by atoms with Crippen LogP contribution in [0.2, 0.25) is 0 Å². The molecule has 24 heavy (non-hydrogen) atoms. The van der Waals surface area contributed by atoms with Crippen molar-refractivity contribution < 1.29 is 13.2 Å². The molecule has 5 nitrogen and oxygen atoms in total. The van der Waals surface area contributed by atoms with Crippen LogP contribution in [0.15, 0.2) is 24.3 Å². The maximum absolute atomic E-state index is 12.9. The van der Waals surface area contributed by atoms with Crippen LogP contribution in [0.4, 0.5) is 5.69 Å². The molecule has 0 unspecified atom stereocenters. The van der Waals surface area contributed by atoms with Crippen molar-refractivity contribution in [2.45, 2.75) is 31.4 Å². The highest BCUT2D eigenvalue weighted by Crippen LogP contribution is 2.44. The lowest BCUT2D eigenvalue weighted by Gasteiger charge is -2.37. The summed E-state index contributed by atoms with van der Waals surface area (Å²) in [5, 5.41) is 6.40. The van der Waals surface area contributed by atoms with Gasteiger partial charge in [0.15, 0.2) is 9.84 Å². The third-order valence-electron chi connectivity index (χ3n) is 5.10. The molecule has 0 aromatic heterocycles. The third kappa shape index (κ3) is 4.10. The average Bonchev–Trinajstić information content (AvgIpc) is 2.91. The molecule has 7 heteroatoms. The van der Waals surface area contributed by atoms with Crippen molar-refractivity contribution in [3.05, 3.63) is 29.8 Å². The average molecular weight is 373 g/mol. The SMILES string of the molecule is CS(=O)(=O)Cc1cccc(NC(=O)[C@@]23CCCC[C@H]2CNC3)c1.Cl. The summed E-state index contributed by atoms with van der Waals surface area (Å²) in [7, 11) is -3.08. The quantitative estimate of drug-likeness (QED) is 0.850. The van der Waals surface area contributed by atoms with Crippen LogP contribution >= 0.6 is 12.4 Å². The normalized spacial score (nSPS) is 26.3. The Morgan fingerprint density at radius 1 is 1.38 bits per heavy atom. The molecule has 1 aromatic carbocycles. The second-order valence-electron chi connectivity index (χ2n) is 6.95. The largest absolute Gasteiger partial charge is 0.326 e. The number of hydrogen-bond donors (Lipinski definition) is 2. The molecule has 2 N–H and O–H groups in total.